The molecular weight excluding hydrogens is 407 g/mol. The minimum absolute atomic E-state index is 0.124. The first-order chi connectivity index (χ1) is 12.8. The van der Waals surface area contributed by atoms with E-state index in [0.29, 0.717) is 4.34 Å². The highest BCUT2D eigenvalue weighted by atomic mass is 35.5. The molecule has 0 bridgehead atoms. The molecule has 1 atom stereocenters. The van der Waals surface area contributed by atoms with E-state index in [9.17, 15) is 12.8 Å². The molecular formula is C19H18ClFN2O2S2. The highest BCUT2D eigenvalue weighted by molar-refractivity contribution is 7.91. The number of nitrogens with one attached hydrogen (secondary N) is 2. The Labute approximate surface area is 167 Å². The number of halogens is 2. The van der Waals surface area contributed by atoms with E-state index in [4.69, 9.17) is 11.6 Å². The molecule has 1 heterocycles. The van der Waals surface area contributed by atoms with Gasteiger partial charge in [-0.25, -0.2) is 17.5 Å². The minimum atomic E-state index is -3.67. The molecule has 0 aliphatic heterocycles. The Bertz CT molecular complexity index is 1020. The van der Waals surface area contributed by atoms with Gasteiger partial charge in [0.1, 0.15) is 10.0 Å². The first-order valence-electron chi connectivity index (χ1n) is 8.18. The Morgan fingerprint density at radius 2 is 1.85 bits per heavy atom. The van der Waals surface area contributed by atoms with E-state index in [2.05, 4.69) is 10.0 Å². The van der Waals surface area contributed by atoms with Gasteiger partial charge >= 0.3 is 0 Å². The Balaban J connectivity index is 1.82. The molecule has 0 radical (unpaired) electrons. The predicted octanol–water partition coefficient (Wildman–Crippen LogP) is 4.98. The molecule has 0 spiro atoms. The van der Waals surface area contributed by atoms with E-state index in [0.717, 1.165) is 28.2 Å². The van der Waals surface area contributed by atoms with Crippen LogP contribution in [0.5, 0.6) is 0 Å². The second-order valence-corrected chi connectivity index (χ2v) is 9.69. The van der Waals surface area contributed by atoms with E-state index >= 15 is 0 Å². The minimum Gasteiger partial charge on any atom is -0.377 e. The number of benzene rings is 2. The lowest BCUT2D eigenvalue weighted by Gasteiger charge is -2.22. The molecule has 0 aliphatic rings. The second-order valence-electron chi connectivity index (χ2n) is 5.98. The largest absolute Gasteiger partial charge is 0.377 e. The van der Waals surface area contributed by atoms with Gasteiger partial charge in [-0.2, -0.15) is 0 Å². The van der Waals surface area contributed by atoms with Crippen LogP contribution in [0.1, 0.15) is 17.2 Å². The number of hydrogen-bond acceptors (Lipinski definition) is 4. The number of hydrogen-bond donors (Lipinski definition) is 2. The van der Waals surface area contributed by atoms with Gasteiger partial charge in [0.05, 0.1) is 10.4 Å². The zero-order valence-corrected chi connectivity index (χ0v) is 16.8. The van der Waals surface area contributed by atoms with Crippen molar-refractivity contribution in [3.63, 3.8) is 0 Å². The van der Waals surface area contributed by atoms with Crippen LogP contribution >= 0.6 is 22.9 Å². The summed E-state index contributed by atoms with van der Waals surface area (Å²) in [7, 11) is -3.67. The van der Waals surface area contributed by atoms with Crippen molar-refractivity contribution in [3.8, 4) is 0 Å². The summed E-state index contributed by atoms with van der Waals surface area (Å²) in [6.45, 7) is 1.92. The first-order valence-corrected chi connectivity index (χ1v) is 10.9. The smallest absolute Gasteiger partial charge is 0.250 e. The van der Waals surface area contributed by atoms with Crippen LogP contribution in [0, 0.1) is 12.7 Å². The highest BCUT2D eigenvalue weighted by Crippen LogP contribution is 2.27. The average molecular weight is 425 g/mol. The van der Waals surface area contributed by atoms with E-state index in [1.807, 2.05) is 30.3 Å². The van der Waals surface area contributed by atoms with Crippen LogP contribution in [-0.2, 0) is 10.0 Å². The molecule has 4 nitrogen and oxygen atoms in total. The SMILES string of the molecule is Cc1cc(F)ccc1NC(CNS(=O)(=O)c1ccc(Cl)s1)c1ccccc1. The lowest BCUT2D eigenvalue weighted by molar-refractivity contribution is 0.578. The van der Waals surface area contributed by atoms with Crippen LogP contribution in [0.2, 0.25) is 4.34 Å². The van der Waals surface area contributed by atoms with Crippen LogP contribution in [0.25, 0.3) is 0 Å². The zero-order valence-electron chi connectivity index (χ0n) is 14.4. The normalized spacial score (nSPS) is 12.7. The van der Waals surface area contributed by atoms with Crippen molar-refractivity contribution in [1.82, 2.24) is 4.72 Å². The Hall–Kier alpha value is -1.93. The molecule has 0 fully saturated rings. The third-order valence-corrected chi connectivity index (χ3v) is 7.16. The van der Waals surface area contributed by atoms with Crippen LogP contribution in [0.15, 0.2) is 64.9 Å². The lowest BCUT2D eigenvalue weighted by atomic mass is 10.1. The fourth-order valence-electron chi connectivity index (χ4n) is 2.62. The van der Waals surface area contributed by atoms with Gasteiger partial charge in [0.25, 0.3) is 0 Å². The fourth-order valence-corrected chi connectivity index (χ4v) is 5.20. The maximum atomic E-state index is 13.4. The molecule has 0 saturated carbocycles. The summed E-state index contributed by atoms with van der Waals surface area (Å²) < 4.78 is 41.6. The third-order valence-electron chi connectivity index (χ3n) is 4.01. The monoisotopic (exact) mass is 424 g/mol. The van der Waals surface area contributed by atoms with Crippen LogP contribution in [0.3, 0.4) is 0 Å². The number of rotatable bonds is 7. The van der Waals surface area contributed by atoms with Crippen molar-refractivity contribution in [2.75, 3.05) is 11.9 Å². The molecule has 8 heteroatoms. The molecule has 0 saturated heterocycles. The van der Waals surface area contributed by atoms with Gasteiger partial charge in [0.15, 0.2) is 0 Å². The Morgan fingerprint density at radius 3 is 2.48 bits per heavy atom. The van der Waals surface area contributed by atoms with Gasteiger partial charge in [0, 0.05) is 12.2 Å². The summed E-state index contributed by atoms with van der Waals surface area (Å²) in [6.07, 6.45) is 0. The first kappa shape index (κ1) is 19.8. The molecule has 1 aromatic heterocycles. The van der Waals surface area contributed by atoms with Crippen molar-refractivity contribution < 1.29 is 12.8 Å². The summed E-state index contributed by atoms with van der Waals surface area (Å²) >= 11 is 6.85. The molecule has 0 aliphatic carbocycles. The van der Waals surface area contributed by atoms with Gasteiger partial charge in [-0.3, -0.25) is 0 Å². The molecule has 3 aromatic rings. The summed E-state index contributed by atoms with van der Waals surface area (Å²) in [4.78, 5) is 0. The van der Waals surface area contributed by atoms with Gasteiger partial charge in [-0.05, 0) is 48.4 Å². The molecule has 2 N–H and O–H groups in total. The summed E-state index contributed by atoms with van der Waals surface area (Å²) in [5.41, 5.74) is 2.39. The Morgan fingerprint density at radius 1 is 1.11 bits per heavy atom. The second kappa shape index (κ2) is 8.39. The van der Waals surface area contributed by atoms with E-state index < -0.39 is 10.0 Å². The molecule has 27 heavy (non-hydrogen) atoms. The standard InChI is InChI=1S/C19H18ClFN2O2S2/c1-13-11-15(21)7-8-16(13)23-17(14-5-3-2-4-6-14)12-22-27(24,25)19-10-9-18(20)26-19/h2-11,17,22-23H,12H2,1H3. The highest BCUT2D eigenvalue weighted by Gasteiger charge is 2.20. The number of thiophene rings is 1. The quantitative estimate of drug-likeness (QED) is 0.562. The molecule has 142 valence electrons. The van der Waals surface area contributed by atoms with Crippen molar-refractivity contribution in [3.05, 3.63) is 81.9 Å². The van der Waals surface area contributed by atoms with Crippen molar-refractivity contribution in [2.45, 2.75) is 17.2 Å². The summed E-state index contributed by atoms with van der Waals surface area (Å²) in [5, 5.41) is 3.30. The maximum absolute atomic E-state index is 13.4. The summed E-state index contributed by atoms with van der Waals surface area (Å²) in [5.74, 6) is -0.315. The van der Waals surface area contributed by atoms with E-state index in [1.54, 1.807) is 19.1 Å². The lowest BCUT2D eigenvalue weighted by Crippen LogP contribution is -2.31. The van der Waals surface area contributed by atoms with E-state index in [1.165, 1.54) is 18.2 Å². The predicted molar refractivity (Wildman–Crippen MR) is 108 cm³/mol. The topological polar surface area (TPSA) is 58.2 Å². The number of aryl methyl sites for hydroxylation is 1. The van der Waals surface area contributed by atoms with Crippen molar-refractivity contribution in [1.29, 1.82) is 0 Å². The zero-order chi connectivity index (χ0) is 19.4. The van der Waals surface area contributed by atoms with Gasteiger partial charge < -0.3 is 5.32 Å². The third kappa shape index (κ3) is 5.07. The molecule has 3 rings (SSSR count). The van der Waals surface area contributed by atoms with Crippen LogP contribution < -0.4 is 10.0 Å². The van der Waals surface area contributed by atoms with Crippen LogP contribution in [-0.4, -0.2) is 15.0 Å². The molecule has 0 amide bonds. The average Bonchev–Trinajstić information content (AvgIpc) is 3.08. The van der Waals surface area contributed by atoms with Gasteiger partial charge in [0.2, 0.25) is 10.0 Å². The number of anilines is 1. The fraction of sp³-hybridized carbons (Fsp3) is 0.158. The van der Waals surface area contributed by atoms with Crippen molar-refractivity contribution in [2.24, 2.45) is 0 Å². The van der Waals surface area contributed by atoms with Crippen molar-refractivity contribution >= 4 is 38.6 Å². The summed E-state index contributed by atoms with van der Waals surface area (Å²) in [6, 6.07) is 16.6. The molecule has 1 unspecified atom stereocenters. The number of sulfonamides is 1. The Kier molecular flexibility index (Phi) is 6.16. The van der Waals surface area contributed by atoms with Gasteiger partial charge in [-0.1, -0.05) is 41.9 Å². The molecule has 2 aromatic carbocycles. The van der Waals surface area contributed by atoms with E-state index in [-0.39, 0.29) is 22.6 Å². The van der Waals surface area contributed by atoms with Crippen LogP contribution in [0.4, 0.5) is 10.1 Å². The van der Waals surface area contributed by atoms with Gasteiger partial charge in [-0.15, -0.1) is 11.3 Å². The maximum Gasteiger partial charge on any atom is 0.250 e.